The third kappa shape index (κ3) is 4.81. The first-order valence-corrected chi connectivity index (χ1v) is 7.55. The molecule has 0 aromatic heterocycles. The molecule has 21 heavy (non-hydrogen) atoms. The van der Waals surface area contributed by atoms with E-state index in [1.54, 1.807) is 0 Å². The number of nitrogens with zero attached hydrogens (tertiary/aromatic N) is 2. The van der Waals surface area contributed by atoms with Crippen molar-refractivity contribution in [1.82, 2.24) is 9.80 Å². The quantitative estimate of drug-likeness (QED) is 0.833. The van der Waals surface area contributed by atoms with Crippen LogP contribution in [0.4, 0.5) is 0 Å². The maximum atomic E-state index is 11.9. The van der Waals surface area contributed by atoms with Crippen molar-refractivity contribution in [2.45, 2.75) is 25.5 Å². The summed E-state index contributed by atoms with van der Waals surface area (Å²) in [7, 11) is 0. The Balaban J connectivity index is 1.78. The molecule has 0 radical (unpaired) electrons. The van der Waals surface area contributed by atoms with Gasteiger partial charge in [0.05, 0.1) is 6.10 Å². The van der Waals surface area contributed by atoms with Crippen molar-refractivity contribution in [3.8, 4) is 0 Å². The van der Waals surface area contributed by atoms with Gasteiger partial charge in [-0.1, -0.05) is 30.3 Å². The van der Waals surface area contributed by atoms with E-state index in [2.05, 4.69) is 4.90 Å². The summed E-state index contributed by atoms with van der Waals surface area (Å²) in [5, 5.41) is 10.2. The number of aliphatic hydroxyl groups excluding tert-OH is 1. The minimum absolute atomic E-state index is 0.0876. The van der Waals surface area contributed by atoms with Gasteiger partial charge in [0.2, 0.25) is 5.91 Å². The highest BCUT2D eigenvalue weighted by Gasteiger charge is 2.23. The van der Waals surface area contributed by atoms with Gasteiger partial charge < -0.3 is 15.7 Å². The molecule has 116 valence electrons. The third-order valence-electron chi connectivity index (χ3n) is 3.84. The highest BCUT2D eigenvalue weighted by atomic mass is 16.3. The predicted octanol–water partition coefficient (Wildman–Crippen LogP) is 0.602. The summed E-state index contributed by atoms with van der Waals surface area (Å²) in [5.74, 6) is 0.133. The molecule has 1 aliphatic heterocycles. The molecule has 1 aromatic carbocycles. The van der Waals surface area contributed by atoms with E-state index >= 15 is 0 Å². The second-order valence-electron chi connectivity index (χ2n) is 5.79. The Morgan fingerprint density at radius 3 is 2.43 bits per heavy atom. The maximum absolute atomic E-state index is 11.9. The summed E-state index contributed by atoms with van der Waals surface area (Å²) in [6, 6.07) is 9.60. The monoisotopic (exact) mass is 291 g/mol. The van der Waals surface area contributed by atoms with E-state index in [0.29, 0.717) is 26.1 Å². The molecule has 1 aliphatic rings. The molecule has 1 fully saturated rings. The first-order chi connectivity index (χ1) is 10.1. The number of carbonyl (C=O) groups excluding carboxylic acids is 1. The van der Waals surface area contributed by atoms with Crippen LogP contribution in [0.5, 0.6) is 0 Å². The highest BCUT2D eigenvalue weighted by Crippen LogP contribution is 2.15. The predicted molar refractivity (Wildman–Crippen MR) is 82.7 cm³/mol. The number of piperazine rings is 1. The zero-order chi connectivity index (χ0) is 15.2. The Kier molecular flexibility index (Phi) is 5.73. The van der Waals surface area contributed by atoms with E-state index in [0.717, 1.165) is 18.7 Å². The molecule has 0 aliphatic carbocycles. The fraction of sp³-hybridized carbons (Fsp3) is 0.562. The molecular formula is C16H25N3O2. The molecular weight excluding hydrogens is 266 g/mol. The smallest absolute Gasteiger partial charge is 0.224 e. The van der Waals surface area contributed by atoms with E-state index in [1.165, 1.54) is 0 Å². The summed E-state index contributed by atoms with van der Waals surface area (Å²) < 4.78 is 0. The highest BCUT2D eigenvalue weighted by molar-refractivity contribution is 5.76. The topological polar surface area (TPSA) is 69.8 Å². The molecule has 1 heterocycles. The Hall–Kier alpha value is -1.43. The standard InChI is InChI=1S/C16H25N3O2/c1-13(17)11-16(21)19-9-7-18(8-10-19)12-15(20)14-5-3-2-4-6-14/h2-6,13,15,20H,7-12,17H2,1H3. The molecule has 5 nitrogen and oxygen atoms in total. The zero-order valence-electron chi connectivity index (χ0n) is 12.6. The Morgan fingerprint density at radius 2 is 1.86 bits per heavy atom. The third-order valence-corrected chi connectivity index (χ3v) is 3.84. The summed E-state index contributed by atoms with van der Waals surface area (Å²) >= 11 is 0. The lowest BCUT2D eigenvalue weighted by Crippen LogP contribution is -2.50. The molecule has 2 rings (SSSR count). The molecule has 2 unspecified atom stereocenters. The van der Waals surface area contributed by atoms with Crippen LogP contribution in [0.2, 0.25) is 0 Å². The normalized spacial score (nSPS) is 19.3. The van der Waals surface area contributed by atoms with Gasteiger partial charge >= 0.3 is 0 Å². The van der Waals surface area contributed by atoms with E-state index < -0.39 is 6.10 Å². The summed E-state index contributed by atoms with van der Waals surface area (Å²) in [4.78, 5) is 16.0. The van der Waals surface area contributed by atoms with Crippen LogP contribution in [-0.4, -0.2) is 59.6 Å². The SMILES string of the molecule is CC(N)CC(=O)N1CCN(CC(O)c2ccccc2)CC1. The van der Waals surface area contributed by atoms with Crippen molar-refractivity contribution in [2.75, 3.05) is 32.7 Å². The molecule has 0 bridgehead atoms. The fourth-order valence-corrected chi connectivity index (χ4v) is 2.61. The van der Waals surface area contributed by atoms with Gasteiger partial charge in [-0.2, -0.15) is 0 Å². The van der Waals surface area contributed by atoms with Gasteiger partial charge in [0, 0.05) is 45.2 Å². The molecule has 2 atom stereocenters. The number of rotatable bonds is 5. The Morgan fingerprint density at radius 1 is 1.24 bits per heavy atom. The van der Waals surface area contributed by atoms with E-state index in [-0.39, 0.29) is 11.9 Å². The second-order valence-corrected chi connectivity index (χ2v) is 5.79. The summed E-state index contributed by atoms with van der Waals surface area (Å²) in [5.41, 5.74) is 6.60. The number of amides is 1. The molecule has 1 saturated heterocycles. The van der Waals surface area contributed by atoms with Crippen LogP contribution >= 0.6 is 0 Å². The van der Waals surface area contributed by atoms with Crippen molar-refractivity contribution < 1.29 is 9.90 Å². The second kappa shape index (κ2) is 7.54. The average molecular weight is 291 g/mol. The van der Waals surface area contributed by atoms with Gasteiger partial charge in [0.15, 0.2) is 0 Å². The van der Waals surface area contributed by atoms with Gasteiger partial charge in [-0.15, -0.1) is 0 Å². The lowest BCUT2D eigenvalue weighted by Gasteiger charge is -2.36. The molecule has 3 N–H and O–H groups in total. The Labute approximate surface area is 126 Å². The first-order valence-electron chi connectivity index (χ1n) is 7.55. The fourth-order valence-electron chi connectivity index (χ4n) is 2.61. The number of benzene rings is 1. The van der Waals surface area contributed by atoms with Crippen molar-refractivity contribution >= 4 is 5.91 Å². The first kappa shape index (κ1) is 15.9. The lowest BCUT2D eigenvalue weighted by molar-refractivity contribution is -0.133. The number of hydrogen-bond acceptors (Lipinski definition) is 4. The molecule has 0 saturated carbocycles. The van der Waals surface area contributed by atoms with Crippen LogP contribution in [0, 0.1) is 0 Å². The average Bonchev–Trinajstić information content (AvgIpc) is 2.48. The number of hydrogen-bond donors (Lipinski definition) is 2. The van der Waals surface area contributed by atoms with Crippen LogP contribution in [0.15, 0.2) is 30.3 Å². The summed E-state index contributed by atoms with van der Waals surface area (Å²) in [6.07, 6.45) is -0.0652. The number of aliphatic hydroxyl groups is 1. The van der Waals surface area contributed by atoms with Gasteiger partial charge in [-0.25, -0.2) is 0 Å². The summed E-state index contributed by atoms with van der Waals surface area (Å²) in [6.45, 7) is 5.49. The van der Waals surface area contributed by atoms with Crippen molar-refractivity contribution in [3.63, 3.8) is 0 Å². The Bertz CT molecular complexity index is 442. The number of nitrogens with two attached hydrogens (primary N) is 1. The minimum atomic E-state index is -0.475. The number of carbonyl (C=O) groups is 1. The van der Waals surface area contributed by atoms with E-state index in [9.17, 15) is 9.90 Å². The lowest BCUT2D eigenvalue weighted by atomic mass is 10.1. The van der Waals surface area contributed by atoms with Crippen LogP contribution in [0.3, 0.4) is 0 Å². The van der Waals surface area contributed by atoms with Crippen LogP contribution < -0.4 is 5.73 Å². The van der Waals surface area contributed by atoms with Gasteiger partial charge in [0.25, 0.3) is 0 Å². The van der Waals surface area contributed by atoms with Crippen molar-refractivity contribution in [2.24, 2.45) is 5.73 Å². The number of β-amino-alcohol motifs (C(OH)–C–C–N with tert-alkyl or cyclic N) is 1. The molecule has 0 spiro atoms. The van der Waals surface area contributed by atoms with Crippen LogP contribution in [0.1, 0.15) is 25.0 Å². The van der Waals surface area contributed by atoms with Crippen molar-refractivity contribution in [3.05, 3.63) is 35.9 Å². The van der Waals surface area contributed by atoms with Gasteiger partial charge in [-0.05, 0) is 12.5 Å². The molecule has 1 amide bonds. The van der Waals surface area contributed by atoms with Crippen LogP contribution in [0.25, 0.3) is 0 Å². The molecule has 5 heteroatoms. The van der Waals surface area contributed by atoms with Gasteiger partial charge in [-0.3, -0.25) is 9.69 Å². The van der Waals surface area contributed by atoms with Crippen molar-refractivity contribution in [1.29, 1.82) is 0 Å². The molecule has 1 aromatic rings. The van der Waals surface area contributed by atoms with Crippen LogP contribution in [-0.2, 0) is 4.79 Å². The van der Waals surface area contributed by atoms with E-state index in [1.807, 2.05) is 42.2 Å². The zero-order valence-corrected chi connectivity index (χ0v) is 12.6. The maximum Gasteiger partial charge on any atom is 0.224 e. The largest absolute Gasteiger partial charge is 0.387 e. The van der Waals surface area contributed by atoms with Gasteiger partial charge in [0.1, 0.15) is 0 Å². The minimum Gasteiger partial charge on any atom is -0.387 e. The van der Waals surface area contributed by atoms with E-state index in [4.69, 9.17) is 5.73 Å².